The SMILES string of the molecule is Cc1ccc(CC(=O)CCc2ccc3nc(C)n([C@]4(C)CCC(=O)NC4=O)c(=O)c3c2)cc1Cl. The van der Waals surface area contributed by atoms with Crippen LogP contribution in [0.1, 0.15) is 48.7 Å². The Kier molecular flexibility index (Phi) is 6.41. The van der Waals surface area contributed by atoms with Gasteiger partial charge in [-0.15, -0.1) is 0 Å². The number of piperidine rings is 1. The van der Waals surface area contributed by atoms with Crippen LogP contribution in [0.5, 0.6) is 0 Å². The average Bonchev–Trinajstić information content (AvgIpc) is 2.78. The lowest BCUT2D eigenvalue weighted by atomic mass is 9.90. The van der Waals surface area contributed by atoms with E-state index in [1.54, 1.807) is 26.0 Å². The summed E-state index contributed by atoms with van der Waals surface area (Å²) in [5.74, 6) is -0.366. The number of ketones is 1. The number of benzene rings is 2. The molecule has 2 heterocycles. The number of hydrogen-bond acceptors (Lipinski definition) is 5. The van der Waals surface area contributed by atoms with Crippen LogP contribution in [0.15, 0.2) is 41.2 Å². The Morgan fingerprint density at radius 2 is 1.85 bits per heavy atom. The Hall–Kier alpha value is -3.32. The van der Waals surface area contributed by atoms with Crippen molar-refractivity contribution < 1.29 is 14.4 Å². The molecule has 0 aliphatic carbocycles. The Balaban J connectivity index is 1.58. The first-order chi connectivity index (χ1) is 16.1. The van der Waals surface area contributed by atoms with Gasteiger partial charge in [0.05, 0.1) is 10.9 Å². The molecule has 8 heteroatoms. The summed E-state index contributed by atoms with van der Waals surface area (Å²) >= 11 is 6.16. The minimum absolute atomic E-state index is 0.0792. The van der Waals surface area contributed by atoms with E-state index < -0.39 is 11.4 Å². The van der Waals surface area contributed by atoms with Crippen LogP contribution in [0.25, 0.3) is 10.9 Å². The number of aromatic nitrogens is 2. The van der Waals surface area contributed by atoms with Crippen molar-refractivity contribution in [1.29, 1.82) is 0 Å². The average molecular weight is 480 g/mol. The summed E-state index contributed by atoms with van der Waals surface area (Å²) in [7, 11) is 0. The molecule has 1 N–H and O–H groups in total. The molecule has 7 nitrogen and oxygen atoms in total. The molecular formula is C26H26ClN3O4. The number of nitrogens with zero attached hydrogens (tertiary/aromatic N) is 2. The molecule has 2 amide bonds. The van der Waals surface area contributed by atoms with E-state index in [1.165, 1.54) is 4.57 Å². The molecule has 1 aliphatic heterocycles. The monoisotopic (exact) mass is 479 g/mol. The number of hydrogen-bond donors (Lipinski definition) is 1. The van der Waals surface area contributed by atoms with Crippen LogP contribution in [-0.2, 0) is 32.8 Å². The summed E-state index contributed by atoms with van der Waals surface area (Å²) in [5.41, 5.74) is 1.67. The van der Waals surface area contributed by atoms with E-state index in [9.17, 15) is 19.2 Å². The number of rotatable bonds is 6. The van der Waals surface area contributed by atoms with Crippen molar-refractivity contribution in [2.45, 2.75) is 58.4 Å². The first-order valence-corrected chi connectivity index (χ1v) is 11.6. The fourth-order valence-corrected chi connectivity index (χ4v) is 4.64. The van der Waals surface area contributed by atoms with Gasteiger partial charge < -0.3 is 0 Å². The molecule has 1 fully saturated rings. The minimum Gasteiger partial charge on any atom is -0.299 e. The van der Waals surface area contributed by atoms with Crippen molar-refractivity contribution in [1.82, 2.24) is 14.9 Å². The van der Waals surface area contributed by atoms with E-state index in [0.717, 1.165) is 16.7 Å². The van der Waals surface area contributed by atoms with Crippen LogP contribution in [0.2, 0.25) is 5.02 Å². The van der Waals surface area contributed by atoms with E-state index in [1.807, 2.05) is 31.2 Å². The van der Waals surface area contributed by atoms with Gasteiger partial charge in [-0.1, -0.05) is 29.8 Å². The van der Waals surface area contributed by atoms with Gasteiger partial charge in [0.2, 0.25) is 5.91 Å². The quantitative estimate of drug-likeness (QED) is 0.545. The predicted octanol–water partition coefficient (Wildman–Crippen LogP) is 3.56. The van der Waals surface area contributed by atoms with Crippen molar-refractivity contribution in [2.75, 3.05) is 0 Å². The number of imide groups is 1. The number of fused-ring (bicyclic) bond motifs is 1. The fourth-order valence-electron chi connectivity index (χ4n) is 4.43. The molecule has 1 saturated heterocycles. The number of halogens is 1. The lowest BCUT2D eigenvalue weighted by Crippen LogP contribution is -2.56. The molecule has 2 aromatic carbocycles. The third kappa shape index (κ3) is 4.53. The lowest BCUT2D eigenvalue weighted by Gasteiger charge is -2.34. The highest BCUT2D eigenvalue weighted by molar-refractivity contribution is 6.31. The second kappa shape index (κ2) is 9.14. The second-order valence-electron chi connectivity index (χ2n) is 9.10. The van der Waals surface area contributed by atoms with Crippen LogP contribution in [0, 0.1) is 13.8 Å². The van der Waals surface area contributed by atoms with Gasteiger partial charge in [-0.3, -0.25) is 29.1 Å². The van der Waals surface area contributed by atoms with Crippen LogP contribution in [-0.4, -0.2) is 27.1 Å². The Morgan fingerprint density at radius 1 is 1.12 bits per heavy atom. The van der Waals surface area contributed by atoms with Crippen molar-refractivity contribution >= 4 is 40.1 Å². The largest absolute Gasteiger partial charge is 0.299 e. The van der Waals surface area contributed by atoms with E-state index in [4.69, 9.17) is 11.6 Å². The van der Waals surface area contributed by atoms with Gasteiger partial charge >= 0.3 is 0 Å². The van der Waals surface area contributed by atoms with Crippen molar-refractivity contribution in [3.05, 3.63) is 74.3 Å². The van der Waals surface area contributed by atoms with Gasteiger partial charge in [0, 0.05) is 24.3 Å². The van der Waals surface area contributed by atoms with Gasteiger partial charge in [-0.25, -0.2) is 4.98 Å². The van der Waals surface area contributed by atoms with Crippen LogP contribution in [0.4, 0.5) is 0 Å². The lowest BCUT2D eigenvalue weighted by molar-refractivity contribution is -0.140. The molecule has 1 aliphatic rings. The highest BCUT2D eigenvalue weighted by Gasteiger charge is 2.42. The molecule has 3 aromatic rings. The highest BCUT2D eigenvalue weighted by atomic mass is 35.5. The van der Waals surface area contributed by atoms with Gasteiger partial charge in [0.25, 0.3) is 11.5 Å². The molecule has 1 atom stereocenters. The van der Waals surface area contributed by atoms with Crippen LogP contribution < -0.4 is 10.9 Å². The number of aryl methyl sites for hydroxylation is 3. The summed E-state index contributed by atoms with van der Waals surface area (Å²) in [6.45, 7) is 5.24. The normalized spacial score (nSPS) is 18.2. The molecule has 0 unspecified atom stereocenters. The number of amides is 2. The van der Waals surface area contributed by atoms with Crippen molar-refractivity contribution in [3.63, 3.8) is 0 Å². The molecule has 4 rings (SSSR count). The molecular weight excluding hydrogens is 454 g/mol. The number of carbonyl (C=O) groups is 3. The van der Waals surface area contributed by atoms with Gasteiger partial charge in [0.15, 0.2) is 0 Å². The predicted molar refractivity (Wildman–Crippen MR) is 130 cm³/mol. The third-order valence-corrected chi connectivity index (χ3v) is 6.91. The minimum atomic E-state index is -1.20. The van der Waals surface area contributed by atoms with Gasteiger partial charge in [0.1, 0.15) is 17.1 Å². The maximum atomic E-state index is 13.5. The standard InChI is InChI=1S/C26H26ClN3O4/c1-15-4-5-18(14-21(15)27)12-19(31)8-6-17-7-9-22-20(13-17)24(33)30(16(2)28-22)26(3)11-10-23(32)29-25(26)34/h4-5,7,9,13-14H,6,8,10-12H2,1-3H3,(H,29,32,34)/t26-/m1/s1. The van der Waals surface area contributed by atoms with Crippen molar-refractivity contribution in [2.24, 2.45) is 0 Å². The molecule has 0 radical (unpaired) electrons. The van der Waals surface area contributed by atoms with E-state index in [-0.39, 0.29) is 30.1 Å². The zero-order chi connectivity index (χ0) is 24.6. The third-order valence-electron chi connectivity index (χ3n) is 6.50. The Bertz CT molecular complexity index is 1390. The first-order valence-electron chi connectivity index (χ1n) is 11.2. The second-order valence-corrected chi connectivity index (χ2v) is 9.51. The van der Waals surface area contributed by atoms with E-state index in [2.05, 4.69) is 10.3 Å². The number of Topliss-reactive ketones (excluding diaryl/α,β-unsaturated/α-hetero) is 1. The van der Waals surface area contributed by atoms with Crippen molar-refractivity contribution in [3.8, 4) is 0 Å². The molecule has 34 heavy (non-hydrogen) atoms. The smallest absolute Gasteiger partial charge is 0.262 e. The number of nitrogens with one attached hydrogen (secondary N) is 1. The fraction of sp³-hybridized carbons (Fsp3) is 0.346. The molecule has 0 spiro atoms. The van der Waals surface area contributed by atoms with E-state index >= 15 is 0 Å². The van der Waals surface area contributed by atoms with E-state index in [0.29, 0.717) is 41.0 Å². The van der Waals surface area contributed by atoms with Crippen LogP contribution >= 0.6 is 11.6 Å². The maximum absolute atomic E-state index is 13.5. The molecule has 1 aromatic heterocycles. The van der Waals surface area contributed by atoms with Gasteiger partial charge in [-0.05, 0) is 68.5 Å². The zero-order valence-corrected chi connectivity index (χ0v) is 20.2. The summed E-state index contributed by atoms with van der Waals surface area (Å²) in [5, 5.41) is 3.35. The van der Waals surface area contributed by atoms with Gasteiger partial charge in [-0.2, -0.15) is 0 Å². The molecule has 176 valence electrons. The highest BCUT2D eigenvalue weighted by Crippen LogP contribution is 2.27. The maximum Gasteiger partial charge on any atom is 0.262 e. The summed E-state index contributed by atoms with van der Waals surface area (Å²) < 4.78 is 1.38. The molecule has 0 bridgehead atoms. The Labute approximate surface area is 202 Å². The first kappa shape index (κ1) is 23.8. The number of carbonyl (C=O) groups excluding carboxylic acids is 3. The Morgan fingerprint density at radius 3 is 2.56 bits per heavy atom. The summed E-state index contributed by atoms with van der Waals surface area (Å²) in [6, 6.07) is 11.0. The zero-order valence-electron chi connectivity index (χ0n) is 19.4. The van der Waals surface area contributed by atoms with Crippen LogP contribution in [0.3, 0.4) is 0 Å². The topological polar surface area (TPSA) is 98.1 Å². The summed E-state index contributed by atoms with van der Waals surface area (Å²) in [4.78, 5) is 54.8. The summed E-state index contributed by atoms with van der Waals surface area (Å²) in [6.07, 6.45) is 1.48. The molecule has 0 saturated carbocycles.